The highest BCUT2D eigenvalue weighted by Gasteiger charge is 2.12. The molecule has 1 aliphatic carbocycles. The predicted octanol–water partition coefficient (Wildman–Crippen LogP) is 2.70. The maximum Gasteiger partial charge on any atom is 0.0432 e. The van der Waals surface area contributed by atoms with Gasteiger partial charge in [-0.2, -0.15) is 0 Å². The largest absolute Gasteiger partial charge is 0.262 e. The molecule has 0 unspecified atom stereocenters. The highest BCUT2D eigenvalue weighted by atomic mass is 14.7. The van der Waals surface area contributed by atoms with Gasteiger partial charge in [-0.3, -0.25) is 4.99 Å². The Balaban J connectivity index is 2.77. The van der Waals surface area contributed by atoms with Crippen LogP contribution in [-0.4, -0.2) is 5.71 Å². The Morgan fingerprint density at radius 2 is 2.30 bits per heavy atom. The van der Waals surface area contributed by atoms with Crippen molar-refractivity contribution in [3.05, 3.63) is 24.4 Å². The molecular weight excluding hydrogens is 122 g/mol. The smallest absolute Gasteiger partial charge is 0.0432 e. The van der Waals surface area contributed by atoms with E-state index in [0.29, 0.717) is 0 Å². The van der Waals surface area contributed by atoms with Crippen LogP contribution in [0.25, 0.3) is 0 Å². The predicted molar refractivity (Wildman–Crippen MR) is 45.2 cm³/mol. The minimum Gasteiger partial charge on any atom is -0.262 e. The summed E-state index contributed by atoms with van der Waals surface area (Å²) >= 11 is 0. The van der Waals surface area contributed by atoms with Gasteiger partial charge in [0.15, 0.2) is 0 Å². The Morgan fingerprint density at radius 1 is 1.50 bits per heavy atom. The third-order valence-electron chi connectivity index (χ3n) is 1.83. The van der Waals surface area contributed by atoms with Crippen LogP contribution in [0.2, 0.25) is 0 Å². The molecule has 0 aliphatic heterocycles. The van der Waals surface area contributed by atoms with E-state index in [0.717, 1.165) is 6.42 Å². The van der Waals surface area contributed by atoms with E-state index in [2.05, 4.69) is 24.6 Å². The lowest BCUT2D eigenvalue weighted by atomic mass is 10.2. The van der Waals surface area contributed by atoms with Gasteiger partial charge in [0.05, 0.1) is 0 Å². The fraction of sp³-hybridized carbons (Fsp3) is 0.444. The number of nitrogens with zero attached hydrogens (tertiary/aromatic N) is 1. The molecule has 54 valence electrons. The Morgan fingerprint density at radius 3 is 2.90 bits per heavy atom. The molecule has 0 saturated heterocycles. The average Bonchev–Trinajstić information content (AvgIpc) is 2.36. The van der Waals surface area contributed by atoms with Crippen LogP contribution in [0.3, 0.4) is 0 Å². The van der Waals surface area contributed by atoms with Gasteiger partial charge < -0.3 is 0 Å². The van der Waals surface area contributed by atoms with Crippen molar-refractivity contribution in [2.45, 2.75) is 26.2 Å². The number of allylic oxidation sites excluding steroid dienone is 2. The Kier molecular flexibility index (Phi) is 2.43. The molecule has 0 atom stereocenters. The van der Waals surface area contributed by atoms with E-state index in [9.17, 15) is 0 Å². The van der Waals surface area contributed by atoms with Crippen LogP contribution < -0.4 is 0 Å². The van der Waals surface area contributed by atoms with Crippen LogP contribution in [0.1, 0.15) is 26.2 Å². The summed E-state index contributed by atoms with van der Waals surface area (Å²) < 4.78 is 0. The molecule has 1 heteroatoms. The van der Waals surface area contributed by atoms with Gasteiger partial charge in [-0.25, -0.2) is 0 Å². The molecule has 1 rings (SSSR count). The fourth-order valence-electron chi connectivity index (χ4n) is 1.32. The first-order valence-electron chi connectivity index (χ1n) is 3.71. The van der Waals surface area contributed by atoms with E-state index in [-0.39, 0.29) is 0 Å². The summed E-state index contributed by atoms with van der Waals surface area (Å²) in [4.78, 5) is 4.19. The maximum atomic E-state index is 4.19. The van der Waals surface area contributed by atoms with Gasteiger partial charge in [-0.15, -0.1) is 0 Å². The molecule has 0 radical (unpaired) electrons. The summed E-state index contributed by atoms with van der Waals surface area (Å²) in [6.07, 6.45) is 7.36. The third-order valence-corrected chi connectivity index (χ3v) is 1.83. The van der Waals surface area contributed by atoms with Crippen molar-refractivity contribution in [3.8, 4) is 0 Å². The lowest BCUT2D eigenvalue weighted by molar-refractivity contribution is 0.945. The lowest BCUT2D eigenvalue weighted by Gasteiger charge is -1.93. The molecule has 0 aromatic rings. The molecule has 0 bridgehead atoms. The lowest BCUT2D eigenvalue weighted by Crippen LogP contribution is -1.90. The van der Waals surface area contributed by atoms with Crippen LogP contribution in [0, 0.1) is 0 Å². The highest BCUT2D eigenvalue weighted by molar-refractivity contribution is 6.02. The number of aliphatic imine (C=N–C) groups is 1. The molecule has 1 nitrogen and oxygen atoms in total. The quantitative estimate of drug-likeness (QED) is 0.524. The second kappa shape index (κ2) is 3.35. The van der Waals surface area contributed by atoms with Gasteiger partial charge in [0.2, 0.25) is 0 Å². The summed E-state index contributed by atoms with van der Waals surface area (Å²) in [7, 11) is 0. The minimum atomic E-state index is 1.13. The minimum absolute atomic E-state index is 1.13. The third kappa shape index (κ3) is 1.35. The first-order valence-corrected chi connectivity index (χ1v) is 3.71. The summed E-state index contributed by atoms with van der Waals surface area (Å²) in [5, 5.41) is 0. The molecule has 1 aliphatic rings. The fourth-order valence-corrected chi connectivity index (χ4v) is 1.32. The van der Waals surface area contributed by atoms with Gasteiger partial charge in [-0.1, -0.05) is 12.7 Å². The monoisotopic (exact) mass is 135 g/mol. The first kappa shape index (κ1) is 7.26. The van der Waals surface area contributed by atoms with Crippen molar-refractivity contribution < 1.29 is 0 Å². The Hall–Kier alpha value is -0.850. The van der Waals surface area contributed by atoms with Crippen LogP contribution in [0.4, 0.5) is 0 Å². The van der Waals surface area contributed by atoms with E-state index < -0.39 is 0 Å². The zero-order valence-electron chi connectivity index (χ0n) is 6.43. The van der Waals surface area contributed by atoms with Crippen LogP contribution in [-0.2, 0) is 0 Å². The zero-order valence-corrected chi connectivity index (χ0v) is 6.43. The van der Waals surface area contributed by atoms with Gasteiger partial charge >= 0.3 is 0 Å². The van der Waals surface area contributed by atoms with Gasteiger partial charge in [0, 0.05) is 11.9 Å². The van der Waals surface area contributed by atoms with E-state index in [1.54, 1.807) is 6.20 Å². The van der Waals surface area contributed by atoms with Gasteiger partial charge in [0.25, 0.3) is 0 Å². The van der Waals surface area contributed by atoms with E-state index >= 15 is 0 Å². The standard InChI is InChI=1S/C9H13N/c1-3-8-6-5-7-9(8)10-4-2/h3-4H,2,5-7H2,1H3/b8-3-,10-9-. The Labute approximate surface area is 62.2 Å². The summed E-state index contributed by atoms with van der Waals surface area (Å²) in [5.41, 5.74) is 2.64. The molecule has 0 amide bonds. The topological polar surface area (TPSA) is 12.4 Å². The van der Waals surface area contributed by atoms with Crippen molar-refractivity contribution >= 4 is 5.71 Å². The summed E-state index contributed by atoms with van der Waals surface area (Å²) in [6, 6.07) is 0. The summed E-state index contributed by atoms with van der Waals surface area (Å²) in [6.45, 7) is 5.65. The van der Waals surface area contributed by atoms with Gasteiger partial charge in [-0.05, 0) is 31.8 Å². The van der Waals surface area contributed by atoms with Crippen LogP contribution >= 0.6 is 0 Å². The number of hydrogen-bond donors (Lipinski definition) is 0. The molecule has 10 heavy (non-hydrogen) atoms. The first-order chi connectivity index (χ1) is 4.88. The molecule has 1 saturated carbocycles. The highest BCUT2D eigenvalue weighted by Crippen LogP contribution is 2.21. The van der Waals surface area contributed by atoms with E-state index in [4.69, 9.17) is 0 Å². The van der Waals surface area contributed by atoms with E-state index in [1.165, 1.54) is 24.1 Å². The second-order valence-corrected chi connectivity index (χ2v) is 2.43. The van der Waals surface area contributed by atoms with Crippen molar-refractivity contribution in [1.82, 2.24) is 0 Å². The second-order valence-electron chi connectivity index (χ2n) is 2.43. The average molecular weight is 135 g/mol. The maximum absolute atomic E-state index is 4.19. The zero-order chi connectivity index (χ0) is 7.40. The van der Waals surface area contributed by atoms with Crippen molar-refractivity contribution in [3.63, 3.8) is 0 Å². The van der Waals surface area contributed by atoms with Gasteiger partial charge in [0.1, 0.15) is 0 Å². The van der Waals surface area contributed by atoms with Crippen LogP contribution in [0.15, 0.2) is 29.4 Å². The molecular formula is C9H13N. The molecule has 1 fully saturated rings. The van der Waals surface area contributed by atoms with Crippen molar-refractivity contribution in [2.75, 3.05) is 0 Å². The van der Waals surface area contributed by atoms with Crippen LogP contribution in [0.5, 0.6) is 0 Å². The van der Waals surface area contributed by atoms with Crippen molar-refractivity contribution in [2.24, 2.45) is 4.99 Å². The van der Waals surface area contributed by atoms with Crippen molar-refractivity contribution in [1.29, 1.82) is 0 Å². The molecule has 0 heterocycles. The Bertz CT molecular complexity index is 187. The molecule has 0 N–H and O–H groups in total. The van der Waals surface area contributed by atoms with E-state index in [1.807, 2.05) is 0 Å². The molecule has 0 aromatic carbocycles. The number of rotatable bonds is 1. The number of hydrogen-bond acceptors (Lipinski definition) is 1. The molecule has 0 aromatic heterocycles. The summed E-state index contributed by atoms with van der Waals surface area (Å²) in [5.74, 6) is 0. The molecule has 0 spiro atoms. The normalized spacial score (nSPS) is 26.1. The SMILES string of the molecule is C=C/N=C1/CCC/C1=C/C.